The molecule has 4 rings (SSSR count). The normalized spacial score (nSPS) is 11.2. The lowest BCUT2D eigenvalue weighted by molar-refractivity contribution is 1.19. The molecule has 0 spiro atoms. The number of anilines is 1. The fourth-order valence-electron chi connectivity index (χ4n) is 2.30. The highest BCUT2D eigenvalue weighted by Gasteiger charge is 2.09. The van der Waals surface area contributed by atoms with Crippen LogP contribution < -0.4 is 5.43 Å². The molecule has 0 amide bonds. The minimum absolute atomic E-state index is 0.706. The fourth-order valence-corrected chi connectivity index (χ4v) is 3.35. The zero-order chi connectivity index (χ0) is 16.2. The van der Waals surface area contributed by atoms with Gasteiger partial charge < -0.3 is 0 Å². The first kappa shape index (κ1) is 14.5. The van der Waals surface area contributed by atoms with E-state index in [2.05, 4.69) is 43.7 Å². The quantitative estimate of drug-likeness (QED) is 0.450. The topological polar surface area (TPSA) is 63.1 Å². The Balaban J connectivity index is 1.64. The summed E-state index contributed by atoms with van der Waals surface area (Å²) in [6.07, 6.45) is 6.75. The van der Waals surface area contributed by atoms with Gasteiger partial charge in [-0.3, -0.25) is 10.4 Å². The Kier molecular flexibility index (Phi) is 3.95. The average molecular weight is 331 g/mol. The van der Waals surface area contributed by atoms with Crippen LogP contribution in [0.15, 0.2) is 72.4 Å². The van der Waals surface area contributed by atoms with Crippen molar-refractivity contribution in [3.8, 4) is 10.4 Å². The van der Waals surface area contributed by atoms with Crippen molar-refractivity contribution in [2.24, 2.45) is 5.10 Å². The average Bonchev–Trinajstić information content (AvgIpc) is 3.09. The number of thiophene rings is 1. The monoisotopic (exact) mass is 331 g/mol. The molecule has 3 aromatic heterocycles. The molecule has 1 N–H and O–H groups in total. The summed E-state index contributed by atoms with van der Waals surface area (Å²) in [6.45, 7) is 0. The van der Waals surface area contributed by atoms with Gasteiger partial charge in [0.1, 0.15) is 6.33 Å². The van der Waals surface area contributed by atoms with E-state index in [1.165, 1.54) is 5.56 Å². The summed E-state index contributed by atoms with van der Waals surface area (Å²) < 4.78 is 0.989. The zero-order valence-corrected chi connectivity index (χ0v) is 13.4. The third-order valence-electron chi connectivity index (χ3n) is 3.46. The van der Waals surface area contributed by atoms with Crippen molar-refractivity contribution >= 4 is 33.6 Å². The Bertz CT molecular complexity index is 980. The molecule has 0 bridgehead atoms. The molecule has 1 aromatic carbocycles. The van der Waals surface area contributed by atoms with Crippen LogP contribution in [0.1, 0.15) is 5.56 Å². The molecule has 0 atom stereocenters. The van der Waals surface area contributed by atoms with Gasteiger partial charge in [0.2, 0.25) is 0 Å². The van der Waals surface area contributed by atoms with Crippen LogP contribution >= 0.6 is 11.3 Å². The van der Waals surface area contributed by atoms with E-state index in [0.717, 1.165) is 20.7 Å². The molecular formula is C18H13N5S. The Morgan fingerprint density at radius 2 is 1.83 bits per heavy atom. The number of hydrogen-bond acceptors (Lipinski definition) is 6. The van der Waals surface area contributed by atoms with Crippen LogP contribution in [0, 0.1) is 0 Å². The summed E-state index contributed by atoms with van der Waals surface area (Å²) in [5.41, 5.74) is 6.07. The van der Waals surface area contributed by atoms with Gasteiger partial charge in [-0.25, -0.2) is 9.97 Å². The Hall–Kier alpha value is -3.12. The molecule has 0 saturated carbocycles. The van der Waals surface area contributed by atoms with Gasteiger partial charge >= 0.3 is 0 Å². The lowest BCUT2D eigenvalue weighted by Gasteiger charge is -1.99. The van der Waals surface area contributed by atoms with Gasteiger partial charge in [0.05, 0.1) is 16.4 Å². The molecule has 0 aliphatic carbocycles. The van der Waals surface area contributed by atoms with Gasteiger partial charge in [0.15, 0.2) is 5.82 Å². The lowest BCUT2D eigenvalue weighted by atomic mass is 10.2. The van der Waals surface area contributed by atoms with Gasteiger partial charge in [-0.05, 0) is 29.3 Å². The first-order chi connectivity index (χ1) is 11.9. The van der Waals surface area contributed by atoms with Crippen LogP contribution in [0.3, 0.4) is 0 Å². The highest BCUT2D eigenvalue weighted by Crippen LogP contribution is 2.35. The van der Waals surface area contributed by atoms with Crippen molar-refractivity contribution in [3.05, 3.63) is 72.8 Å². The first-order valence-electron chi connectivity index (χ1n) is 7.39. The summed E-state index contributed by atoms with van der Waals surface area (Å²) >= 11 is 1.65. The van der Waals surface area contributed by atoms with Crippen molar-refractivity contribution in [1.82, 2.24) is 15.0 Å². The van der Waals surface area contributed by atoms with E-state index in [1.807, 2.05) is 30.3 Å². The largest absolute Gasteiger partial charge is 0.265 e. The molecule has 24 heavy (non-hydrogen) atoms. The second-order valence-electron chi connectivity index (χ2n) is 5.06. The van der Waals surface area contributed by atoms with Crippen LogP contribution in [0.2, 0.25) is 0 Å². The summed E-state index contributed by atoms with van der Waals surface area (Å²) in [7, 11) is 0. The molecule has 116 valence electrons. The van der Waals surface area contributed by atoms with E-state index in [4.69, 9.17) is 0 Å². The highest BCUT2D eigenvalue weighted by molar-refractivity contribution is 7.22. The molecule has 0 aliphatic heterocycles. The SMILES string of the molecule is C(=NNc1ncnc2cc(-c3ccccc3)sc12)c1ccncc1. The number of benzene rings is 1. The Labute approximate surface area is 142 Å². The van der Waals surface area contributed by atoms with Crippen LogP contribution in [-0.2, 0) is 0 Å². The van der Waals surface area contributed by atoms with Gasteiger partial charge in [-0.1, -0.05) is 30.3 Å². The number of nitrogens with zero attached hydrogens (tertiary/aromatic N) is 4. The predicted octanol–water partition coefficient (Wildman–Crippen LogP) is 4.20. The molecular weight excluding hydrogens is 318 g/mol. The van der Waals surface area contributed by atoms with Crippen molar-refractivity contribution in [3.63, 3.8) is 0 Å². The van der Waals surface area contributed by atoms with Gasteiger partial charge in [0, 0.05) is 17.3 Å². The molecule has 0 saturated heterocycles. The van der Waals surface area contributed by atoms with Crippen LogP contribution in [0.4, 0.5) is 5.82 Å². The molecule has 0 fully saturated rings. The minimum Gasteiger partial charge on any atom is -0.265 e. The molecule has 5 nitrogen and oxygen atoms in total. The number of fused-ring (bicyclic) bond motifs is 1. The molecule has 0 aliphatic rings. The van der Waals surface area contributed by atoms with Gasteiger partial charge in [-0.2, -0.15) is 5.10 Å². The summed E-state index contributed by atoms with van der Waals surface area (Å²) in [5, 5.41) is 4.26. The van der Waals surface area contributed by atoms with Gasteiger partial charge in [0.25, 0.3) is 0 Å². The van der Waals surface area contributed by atoms with Crippen molar-refractivity contribution in [2.45, 2.75) is 0 Å². The number of hydrogen-bond donors (Lipinski definition) is 1. The maximum absolute atomic E-state index is 4.35. The molecule has 0 radical (unpaired) electrons. The van der Waals surface area contributed by atoms with E-state index >= 15 is 0 Å². The number of aromatic nitrogens is 3. The van der Waals surface area contributed by atoms with E-state index in [0.29, 0.717) is 5.82 Å². The van der Waals surface area contributed by atoms with E-state index in [1.54, 1.807) is 36.3 Å². The molecule has 4 aromatic rings. The lowest BCUT2D eigenvalue weighted by Crippen LogP contribution is -1.94. The fraction of sp³-hybridized carbons (Fsp3) is 0. The van der Waals surface area contributed by atoms with Crippen LogP contribution in [0.25, 0.3) is 20.7 Å². The second kappa shape index (κ2) is 6.55. The minimum atomic E-state index is 0.706. The maximum atomic E-state index is 4.35. The number of pyridine rings is 1. The van der Waals surface area contributed by atoms with Crippen molar-refractivity contribution in [1.29, 1.82) is 0 Å². The third-order valence-corrected chi connectivity index (χ3v) is 4.64. The number of hydrazone groups is 1. The number of nitrogens with one attached hydrogen (secondary N) is 1. The molecule has 0 unspecified atom stereocenters. The van der Waals surface area contributed by atoms with Crippen LogP contribution in [-0.4, -0.2) is 21.2 Å². The number of rotatable bonds is 4. The summed E-state index contributed by atoms with van der Waals surface area (Å²) in [4.78, 5) is 13.8. The van der Waals surface area contributed by atoms with E-state index < -0.39 is 0 Å². The molecule has 3 heterocycles. The van der Waals surface area contributed by atoms with Crippen molar-refractivity contribution in [2.75, 3.05) is 5.43 Å². The molecule has 6 heteroatoms. The van der Waals surface area contributed by atoms with E-state index in [9.17, 15) is 0 Å². The van der Waals surface area contributed by atoms with Crippen molar-refractivity contribution < 1.29 is 0 Å². The Morgan fingerprint density at radius 1 is 1.00 bits per heavy atom. The standard InChI is InChI=1S/C18H13N5S/c1-2-4-14(5-3-1)16-10-15-17(24-16)18(21-12-20-15)23-22-11-13-6-8-19-9-7-13/h1-12H,(H,20,21,23). The van der Waals surface area contributed by atoms with Gasteiger partial charge in [-0.15, -0.1) is 11.3 Å². The predicted molar refractivity (Wildman–Crippen MR) is 98.3 cm³/mol. The smallest absolute Gasteiger partial charge is 0.167 e. The zero-order valence-electron chi connectivity index (χ0n) is 12.6. The Morgan fingerprint density at radius 3 is 2.67 bits per heavy atom. The highest BCUT2D eigenvalue weighted by atomic mass is 32.1. The summed E-state index contributed by atoms with van der Waals surface area (Å²) in [6, 6.07) is 16.1. The summed E-state index contributed by atoms with van der Waals surface area (Å²) in [5.74, 6) is 0.706. The third kappa shape index (κ3) is 3.00. The first-order valence-corrected chi connectivity index (χ1v) is 8.21. The second-order valence-corrected chi connectivity index (χ2v) is 6.12. The maximum Gasteiger partial charge on any atom is 0.167 e. The van der Waals surface area contributed by atoms with Crippen LogP contribution in [0.5, 0.6) is 0 Å². The van der Waals surface area contributed by atoms with E-state index in [-0.39, 0.29) is 0 Å².